The Kier molecular flexibility index (Phi) is 3.15. The summed E-state index contributed by atoms with van der Waals surface area (Å²) < 4.78 is 26.5. The maximum Gasteiger partial charge on any atom is 0.148 e. The second-order valence-electron chi connectivity index (χ2n) is 3.48. The third kappa shape index (κ3) is 2.65. The zero-order valence-corrected chi connectivity index (χ0v) is 9.43. The quantitative estimate of drug-likeness (QED) is 0.797. The number of nitrogen functional groups attached to an aromatic ring is 1. The van der Waals surface area contributed by atoms with Crippen molar-refractivity contribution < 1.29 is 8.78 Å². The Morgan fingerprint density at radius 2 is 1.76 bits per heavy atom. The SMILES string of the molecule is Nc1ccc(F)cc1Nc1ccc(Cl)cc1F. The van der Waals surface area contributed by atoms with Crippen molar-refractivity contribution in [2.24, 2.45) is 0 Å². The van der Waals surface area contributed by atoms with Gasteiger partial charge in [0.2, 0.25) is 0 Å². The van der Waals surface area contributed by atoms with Crippen LogP contribution in [0.15, 0.2) is 36.4 Å². The van der Waals surface area contributed by atoms with Crippen LogP contribution in [0.25, 0.3) is 0 Å². The van der Waals surface area contributed by atoms with E-state index in [4.69, 9.17) is 17.3 Å². The summed E-state index contributed by atoms with van der Waals surface area (Å²) in [4.78, 5) is 0. The summed E-state index contributed by atoms with van der Waals surface area (Å²) in [5.41, 5.74) is 6.47. The number of anilines is 3. The Labute approximate surface area is 102 Å². The van der Waals surface area contributed by atoms with Crippen LogP contribution in [-0.4, -0.2) is 0 Å². The van der Waals surface area contributed by atoms with Crippen LogP contribution in [-0.2, 0) is 0 Å². The van der Waals surface area contributed by atoms with E-state index < -0.39 is 11.6 Å². The van der Waals surface area contributed by atoms with Gasteiger partial charge in [-0.2, -0.15) is 0 Å². The minimum Gasteiger partial charge on any atom is -0.397 e. The van der Waals surface area contributed by atoms with Crippen molar-refractivity contribution in [3.05, 3.63) is 53.1 Å². The average Bonchev–Trinajstić information content (AvgIpc) is 2.27. The molecule has 0 aliphatic carbocycles. The molecule has 0 saturated carbocycles. The Balaban J connectivity index is 2.34. The standard InChI is InChI=1S/C12H9ClF2N2/c13-7-1-4-11(9(15)5-7)17-12-6-8(14)2-3-10(12)16/h1-6,17H,16H2. The van der Waals surface area contributed by atoms with Gasteiger partial charge in [-0.3, -0.25) is 0 Å². The fourth-order valence-corrected chi connectivity index (χ4v) is 1.53. The fraction of sp³-hybridized carbons (Fsp3) is 0. The van der Waals surface area contributed by atoms with E-state index in [2.05, 4.69) is 5.32 Å². The topological polar surface area (TPSA) is 38.0 Å². The molecule has 0 heterocycles. The van der Waals surface area contributed by atoms with Gasteiger partial charge in [0.15, 0.2) is 0 Å². The van der Waals surface area contributed by atoms with Gasteiger partial charge in [-0.15, -0.1) is 0 Å². The number of nitrogens with one attached hydrogen (secondary N) is 1. The lowest BCUT2D eigenvalue weighted by atomic mass is 10.2. The highest BCUT2D eigenvalue weighted by Gasteiger charge is 2.06. The molecule has 2 nitrogen and oxygen atoms in total. The average molecular weight is 255 g/mol. The van der Waals surface area contributed by atoms with Gasteiger partial charge in [0.25, 0.3) is 0 Å². The molecule has 3 N–H and O–H groups in total. The summed E-state index contributed by atoms with van der Waals surface area (Å²) >= 11 is 5.62. The van der Waals surface area contributed by atoms with Gasteiger partial charge in [0.05, 0.1) is 17.1 Å². The van der Waals surface area contributed by atoms with Crippen LogP contribution >= 0.6 is 11.6 Å². The van der Waals surface area contributed by atoms with Gasteiger partial charge < -0.3 is 11.1 Å². The van der Waals surface area contributed by atoms with Crippen LogP contribution in [0.1, 0.15) is 0 Å². The number of rotatable bonds is 2. The monoisotopic (exact) mass is 254 g/mol. The normalized spacial score (nSPS) is 10.3. The maximum atomic E-state index is 13.5. The van der Waals surface area contributed by atoms with Gasteiger partial charge >= 0.3 is 0 Å². The molecule has 0 radical (unpaired) electrons. The summed E-state index contributed by atoms with van der Waals surface area (Å²) in [6.45, 7) is 0. The van der Waals surface area contributed by atoms with E-state index in [0.29, 0.717) is 16.4 Å². The van der Waals surface area contributed by atoms with Crippen LogP contribution in [0.3, 0.4) is 0 Å². The Bertz CT molecular complexity index is 558. The molecule has 5 heteroatoms. The number of halogens is 3. The Morgan fingerprint density at radius 3 is 2.47 bits per heavy atom. The number of nitrogens with two attached hydrogens (primary N) is 1. The van der Waals surface area contributed by atoms with E-state index in [9.17, 15) is 8.78 Å². The molecule has 2 aromatic carbocycles. The highest BCUT2D eigenvalue weighted by Crippen LogP contribution is 2.26. The molecule has 0 aromatic heterocycles. The summed E-state index contributed by atoms with van der Waals surface area (Å²) in [6, 6.07) is 8.00. The minimum atomic E-state index is -0.527. The van der Waals surface area contributed by atoms with Crippen molar-refractivity contribution >= 4 is 28.7 Å². The van der Waals surface area contributed by atoms with Gasteiger partial charge in [0.1, 0.15) is 11.6 Å². The molecule has 0 spiro atoms. The first-order valence-electron chi connectivity index (χ1n) is 4.83. The van der Waals surface area contributed by atoms with E-state index in [-0.39, 0.29) is 5.69 Å². The molecule has 0 aliphatic heterocycles. The molecule has 0 bridgehead atoms. The van der Waals surface area contributed by atoms with Crippen LogP contribution in [0.4, 0.5) is 25.8 Å². The molecule has 0 atom stereocenters. The predicted octanol–water partition coefficient (Wildman–Crippen LogP) is 3.94. The highest BCUT2D eigenvalue weighted by atomic mass is 35.5. The summed E-state index contributed by atoms with van der Waals surface area (Å²) in [6.07, 6.45) is 0. The zero-order valence-electron chi connectivity index (χ0n) is 8.68. The van der Waals surface area contributed by atoms with E-state index in [0.717, 1.165) is 0 Å². The summed E-state index contributed by atoms with van der Waals surface area (Å²) in [5, 5.41) is 3.00. The summed E-state index contributed by atoms with van der Waals surface area (Å²) in [7, 11) is 0. The molecule has 0 aliphatic rings. The van der Waals surface area contributed by atoms with Crippen LogP contribution in [0.2, 0.25) is 5.02 Å². The fourth-order valence-electron chi connectivity index (χ4n) is 1.37. The third-order valence-corrected chi connectivity index (χ3v) is 2.45. The third-order valence-electron chi connectivity index (χ3n) is 2.22. The maximum absolute atomic E-state index is 13.5. The Morgan fingerprint density at radius 1 is 1.00 bits per heavy atom. The van der Waals surface area contributed by atoms with Gasteiger partial charge in [0, 0.05) is 5.02 Å². The Hall–Kier alpha value is -1.81. The molecule has 0 unspecified atom stereocenters. The van der Waals surface area contributed by atoms with E-state index >= 15 is 0 Å². The molecule has 17 heavy (non-hydrogen) atoms. The second kappa shape index (κ2) is 4.59. The van der Waals surface area contributed by atoms with E-state index in [1.165, 1.54) is 36.4 Å². The van der Waals surface area contributed by atoms with Crippen molar-refractivity contribution in [2.45, 2.75) is 0 Å². The lowest BCUT2D eigenvalue weighted by Gasteiger charge is -2.10. The second-order valence-corrected chi connectivity index (χ2v) is 3.92. The minimum absolute atomic E-state index is 0.187. The first kappa shape index (κ1) is 11.7. The lowest BCUT2D eigenvalue weighted by Crippen LogP contribution is -1.98. The highest BCUT2D eigenvalue weighted by molar-refractivity contribution is 6.30. The predicted molar refractivity (Wildman–Crippen MR) is 65.5 cm³/mol. The van der Waals surface area contributed by atoms with Crippen LogP contribution in [0.5, 0.6) is 0 Å². The van der Waals surface area contributed by atoms with Gasteiger partial charge in [-0.25, -0.2) is 8.78 Å². The molecule has 2 aromatic rings. The zero-order chi connectivity index (χ0) is 12.4. The largest absolute Gasteiger partial charge is 0.397 e. The van der Waals surface area contributed by atoms with E-state index in [1.54, 1.807) is 0 Å². The molecule has 0 saturated heterocycles. The van der Waals surface area contributed by atoms with E-state index in [1.807, 2.05) is 0 Å². The molecule has 0 fully saturated rings. The smallest absolute Gasteiger partial charge is 0.148 e. The van der Waals surface area contributed by atoms with Crippen molar-refractivity contribution in [3.63, 3.8) is 0 Å². The molecule has 0 amide bonds. The molecular weight excluding hydrogens is 246 g/mol. The van der Waals surface area contributed by atoms with Crippen molar-refractivity contribution in [1.29, 1.82) is 0 Å². The first-order chi connectivity index (χ1) is 8.06. The van der Waals surface area contributed by atoms with Crippen LogP contribution in [0, 0.1) is 11.6 Å². The van der Waals surface area contributed by atoms with Crippen molar-refractivity contribution in [2.75, 3.05) is 11.1 Å². The number of benzene rings is 2. The number of hydrogen-bond donors (Lipinski definition) is 2. The molecular formula is C12H9ClF2N2. The van der Waals surface area contributed by atoms with Crippen molar-refractivity contribution in [3.8, 4) is 0 Å². The molecule has 2 rings (SSSR count). The molecule has 88 valence electrons. The summed E-state index contributed by atoms with van der Waals surface area (Å²) in [5.74, 6) is -0.975. The van der Waals surface area contributed by atoms with Gasteiger partial charge in [-0.1, -0.05) is 11.6 Å². The van der Waals surface area contributed by atoms with Crippen LogP contribution < -0.4 is 11.1 Å². The number of hydrogen-bond acceptors (Lipinski definition) is 2. The van der Waals surface area contributed by atoms with Gasteiger partial charge in [-0.05, 0) is 36.4 Å². The van der Waals surface area contributed by atoms with Crippen molar-refractivity contribution in [1.82, 2.24) is 0 Å². The lowest BCUT2D eigenvalue weighted by molar-refractivity contribution is 0.627. The first-order valence-corrected chi connectivity index (χ1v) is 5.21.